The lowest BCUT2D eigenvalue weighted by molar-refractivity contribution is 0.568. The zero-order valence-corrected chi connectivity index (χ0v) is 13.2. The first-order chi connectivity index (χ1) is 8.90. The minimum absolute atomic E-state index is 0.0396. The first-order valence-corrected chi connectivity index (χ1v) is 7.44. The summed E-state index contributed by atoms with van der Waals surface area (Å²) in [5.74, 6) is 0.661. The summed E-state index contributed by atoms with van der Waals surface area (Å²) in [6.45, 7) is 9.02. The molecule has 2 heterocycles. The number of aromatic nitrogens is 2. The monoisotopic (exact) mass is 295 g/mol. The van der Waals surface area contributed by atoms with E-state index in [2.05, 4.69) is 46.6 Å². The Morgan fingerprint density at radius 2 is 1.95 bits per heavy atom. The van der Waals surface area contributed by atoms with Gasteiger partial charge in [0.1, 0.15) is 0 Å². The Bertz CT molecular complexity index is 564. The van der Waals surface area contributed by atoms with Crippen molar-refractivity contribution < 1.29 is 0 Å². The van der Waals surface area contributed by atoms with Gasteiger partial charge in [0, 0.05) is 16.8 Å². The summed E-state index contributed by atoms with van der Waals surface area (Å²) in [6, 6.07) is 4.23. The van der Waals surface area contributed by atoms with E-state index in [0.29, 0.717) is 11.0 Å². The first kappa shape index (κ1) is 14.3. The van der Waals surface area contributed by atoms with Crippen LogP contribution < -0.4 is 5.32 Å². The predicted molar refractivity (Wildman–Crippen MR) is 82.4 cm³/mol. The smallest absolute Gasteiger partial charge is 0.171 e. The van der Waals surface area contributed by atoms with Gasteiger partial charge in [0.15, 0.2) is 11.0 Å². The molecule has 0 aliphatic heterocycles. The molecule has 0 saturated heterocycles. The second kappa shape index (κ2) is 5.47. The lowest BCUT2D eigenvalue weighted by Gasteiger charge is -2.24. The van der Waals surface area contributed by atoms with E-state index >= 15 is 0 Å². The molecule has 0 amide bonds. The molecule has 5 heteroatoms. The van der Waals surface area contributed by atoms with E-state index in [-0.39, 0.29) is 5.41 Å². The molecule has 102 valence electrons. The molecule has 3 nitrogen and oxygen atoms in total. The quantitative estimate of drug-likeness (QED) is 0.918. The highest BCUT2D eigenvalue weighted by atomic mass is 35.5. The molecule has 0 unspecified atom stereocenters. The zero-order valence-electron chi connectivity index (χ0n) is 11.6. The molecule has 19 heavy (non-hydrogen) atoms. The lowest BCUT2D eigenvalue weighted by Crippen LogP contribution is -2.27. The predicted octanol–water partition coefficient (Wildman–Crippen LogP) is 4.20. The molecular weight excluding hydrogens is 278 g/mol. The van der Waals surface area contributed by atoms with Crippen LogP contribution in [0.5, 0.6) is 0 Å². The summed E-state index contributed by atoms with van der Waals surface area (Å²) >= 11 is 7.89. The molecule has 0 atom stereocenters. The number of hydrogen-bond donors (Lipinski definition) is 1. The van der Waals surface area contributed by atoms with Crippen molar-refractivity contribution in [3.63, 3.8) is 0 Å². The molecule has 2 aromatic rings. The molecule has 0 spiro atoms. The van der Waals surface area contributed by atoms with E-state index in [1.54, 1.807) is 11.3 Å². The molecule has 0 bridgehead atoms. The SMILES string of the molecule is Cc1nc(Cl)c(NCC(C)(C)c2cccs2)nc1C. The maximum absolute atomic E-state index is 6.12. The highest BCUT2D eigenvalue weighted by Crippen LogP contribution is 2.28. The Kier molecular flexibility index (Phi) is 4.11. The van der Waals surface area contributed by atoms with Gasteiger partial charge in [-0.15, -0.1) is 11.3 Å². The van der Waals surface area contributed by atoms with Crippen LogP contribution in [0, 0.1) is 13.8 Å². The van der Waals surface area contributed by atoms with Gasteiger partial charge in [-0.2, -0.15) is 0 Å². The molecule has 2 aromatic heterocycles. The van der Waals surface area contributed by atoms with E-state index in [1.165, 1.54) is 4.88 Å². The zero-order chi connectivity index (χ0) is 14.0. The van der Waals surface area contributed by atoms with Crippen molar-refractivity contribution in [2.75, 3.05) is 11.9 Å². The van der Waals surface area contributed by atoms with Crippen molar-refractivity contribution in [1.82, 2.24) is 9.97 Å². The molecule has 0 aliphatic carbocycles. The van der Waals surface area contributed by atoms with Gasteiger partial charge < -0.3 is 5.32 Å². The van der Waals surface area contributed by atoms with E-state index in [1.807, 2.05) is 13.8 Å². The van der Waals surface area contributed by atoms with Crippen molar-refractivity contribution in [1.29, 1.82) is 0 Å². The van der Waals surface area contributed by atoms with Crippen LogP contribution in [-0.2, 0) is 5.41 Å². The van der Waals surface area contributed by atoms with Crippen molar-refractivity contribution in [3.05, 3.63) is 38.9 Å². The Balaban J connectivity index is 2.13. The van der Waals surface area contributed by atoms with E-state index in [9.17, 15) is 0 Å². The van der Waals surface area contributed by atoms with Gasteiger partial charge in [-0.25, -0.2) is 9.97 Å². The third-order valence-corrected chi connectivity index (χ3v) is 4.65. The normalized spacial score (nSPS) is 11.6. The van der Waals surface area contributed by atoms with Crippen LogP contribution in [-0.4, -0.2) is 16.5 Å². The number of nitrogens with zero attached hydrogens (tertiary/aromatic N) is 2. The molecular formula is C14H18ClN3S. The number of hydrogen-bond acceptors (Lipinski definition) is 4. The third-order valence-electron chi connectivity index (χ3n) is 3.15. The molecule has 0 aliphatic rings. The number of halogens is 1. The summed E-state index contributed by atoms with van der Waals surface area (Å²) in [5.41, 5.74) is 1.81. The number of nitrogens with one attached hydrogen (secondary N) is 1. The molecule has 2 rings (SSSR count). The maximum Gasteiger partial charge on any atom is 0.171 e. The highest BCUT2D eigenvalue weighted by molar-refractivity contribution is 7.10. The van der Waals surface area contributed by atoms with Gasteiger partial charge in [0.05, 0.1) is 11.4 Å². The van der Waals surface area contributed by atoms with Crippen molar-refractivity contribution >= 4 is 28.8 Å². The van der Waals surface area contributed by atoms with E-state index < -0.39 is 0 Å². The summed E-state index contributed by atoms with van der Waals surface area (Å²) in [4.78, 5) is 10.1. The number of aryl methyl sites for hydroxylation is 2. The third kappa shape index (κ3) is 3.25. The minimum Gasteiger partial charge on any atom is -0.367 e. The summed E-state index contributed by atoms with van der Waals surface area (Å²) in [5, 5.41) is 5.84. The number of rotatable bonds is 4. The van der Waals surface area contributed by atoms with Crippen LogP contribution in [0.1, 0.15) is 30.1 Å². The fourth-order valence-corrected chi connectivity index (χ4v) is 2.83. The summed E-state index contributed by atoms with van der Waals surface area (Å²) in [6.07, 6.45) is 0. The van der Waals surface area contributed by atoms with Crippen molar-refractivity contribution in [2.24, 2.45) is 0 Å². The van der Waals surface area contributed by atoms with Crippen LogP contribution in [0.25, 0.3) is 0 Å². The van der Waals surface area contributed by atoms with Crippen LogP contribution in [0.2, 0.25) is 5.15 Å². The van der Waals surface area contributed by atoms with Gasteiger partial charge in [0.25, 0.3) is 0 Å². The maximum atomic E-state index is 6.12. The Morgan fingerprint density at radius 1 is 1.26 bits per heavy atom. The Hall–Kier alpha value is -1.13. The van der Waals surface area contributed by atoms with Crippen molar-refractivity contribution in [2.45, 2.75) is 33.1 Å². The van der Waals surface area contributed by atoms with Gasteiger partial charge in [-0.1, -0.05) is 31.5 Å². The second-order valence-corrected chi connectivity index (χ2v) is 6.55. The number of thiophene rings is 1. The second-order valence-electron chi connectivity index (χ2n) is 5.25. The number of anilines is 1. The average Bonchev–Trinajstić information content (AvgIpc) is 2.86. The lowest BCUT2D eigenvalue weighted by atomic mass is 9.91. The van der Waals surface area contributed by atoms with Crippen LogP contribution in [0.15, 0.2) is 17.5 Å². The van der Waals surface area contributed by atoms with Crippen LogP contribution >= 0.6 is 22.9 Å². The molecule has 0 saturated carbocycles. The molecule has 0 fully saturated rings. The minimum atomic E-state index is 0.0396. The van der Waals surface area contributed by atoms with E-state index in [4.69, 9.17) is 11.6 Å². The van der Waals surface area contributed by atoms with Gasteiger partial charge in [-0.05, 0) is 25.3 Å². The van der Waals surface area contributed by atoms with Crippen molar-refractivity contribution in [3.8, 4) is 0 Å². The molecule has 1 N–H and O–H groups in total. The first-order valence-electron chi connectivity index (χ1n) is 6.19. The van der Waals surface area contributed by atoms with Gasteiger partial charge >= 0.3 is 0 Å². The largest absolute Gasteiger partial charge is 0.367 e. The average molecular weight is 296 g/mol. The van der Waals surface area contributed by atoms with Gasteiger partial charge in [-0.3, -0.25) is 0 Å². The fourth-order valence-electron chi connectivity index (χ4n) is 1.74. The molecule has 0 aromatic carbocycles. The Labute approximate surface area is 123 Å². The Morgan fingerprint density at radius 3 is 2.58 bits per heavy atom. The topological polar surface area (TPSA) is 37.8 Å². The summed E-state index contributed by atoms with van der Waals surface area (Å²) in [7, 11) is 0. The molecule has 0 radical (unpaired) electrons. The highest BCUT2D eigenvalue weighted by Gasteiger charge is 2.22. The fraction of sp³-hybridized carbons (Fsp3) is 0.429. The standard InChI is InChI=1S/C14H18ClN3S/c1-9-10(2)18-13(12(15)17-9)16-8-14(3,4)11-6-5-7-19-11/h5-7H,8H2,1-4H3,(H,16,18). The summed E-state index contributed by atoms with van der Waals surface area (Å²) < 4.78 is 0. The van der Waals surface area contributed by atoms with E-state index in [0.717, 1.165) is 17.9 Å². The van der Waals surface area contributed by atoms with Crippen LogP contribution in [0.4, 0.5) is 5.82 Å². The van der Waals surface area contributed by atoms with Gasteiger partial charge in [0.2, 0.25) is 0 Å². The van der Waals surface area contributed by atoms with Crippen LogP contribution in [0.3, 0.4) is 0 Å².